The summed E-state index contributed by atoms with van der Waals surface area (Å²) < 4.78 is 7.47. The molecule has 1 N–H and O–H groups in total. The van der Waals surface area contributed by atoms with Crippen molar-refractivity contribution in [2.24, 2.45) is 0 Å². The first-order valence-corrected chi connectivity index (χ1v) is 11.0. The molecular weight excluding hydrogens is 376 g/mol. The molecule has 4 rings (SSSR count). The number of hydrogen-bond acceptors (Lipinski definition) is 7. The molecule has 1 aliphatic carbocycles. The van der Waals surface area contributed by atoms with E-state index in [4.69, 9.17) is 4.52 Å². The highest BCUT2D eigenvalue weighted by molar-refractivity contribution is 7.99. The molecule has 0 radical (unpaired) electrons. The van der Waals surface area contributed by atoms with E-state index in [0.717, 1.165) is 42.7 Å². The van der Waals surface area contributed by atoms with Gasteiger partial charge in [0, 0.05) is 30.6 Å². The Morgan fingerprint density at radius 2 is 2.00 bits per heavy atom. The van der Waals surface area contributed by atoms with Gasteiger partial charge in [0.15, 0.2) is 5.16 Å². The molecular formula is C19H28N6O2S. The van der Waals surface area contributed by atoms with Crippen LogP contribution in [0.3, 0.4) is 0 Å². The Morgan fingerprint density at radius 3 is 2.64 bits per heavy atom. The maximum atomic E-state index is 12.4. The normalized spacial score (nSPS) is 17.8. The maximum Gasteiger partial charge on any atom is 0.237 e. The maximum absolute atomic E-state index is 12.4. The van der Waals surface area contributed by atoms with Crippen molar-refractivity contribution in [2.75, 3.05) is 29.1 Å². The van der Waals surface area contributed by atoms with Crippen LogP contribution >= 0.6 is 11.8 Å². The van der Waals surface area contributed by atoms with Crippen molar-refractivity contribution in [1.82, 2.24) is 19.9 Å². The molecule has 1 saturated heterocycles. The molecule has 2 fully saturated rings. The summed E-state index contributed by atoms with van der Waals surface area (Å²) in [5, 5.41) is 16.5. The van der Waals surface area contributed by atoms with Crippen LogP contribution in [0, 0.1) is 0 Å². The number of thioether (sulfide) groups is 1. The fourth-order valence-corrected chi connectivity index (χ4v) is 4.12. The van der Waals surface area contributed by atoms with E-state index >= 15 is 0 Å². The summed E-state index contributed by atoms with van der Waals surface area (Å²) >= 11 is 1.43. The molecule has 28 heavy (non-hydrogen) atoms. The van der Waals surface area contributed by atoms with E-state index in [-0.39, 0.29) is 17.1 Å². The highest BCUT2D eigenvalue weighted by Crippen LogP contribution is 2.41. The average Bonchev–Trinajstić information content (AvgIpc) is 3.22. The Kier molecular flexibility index (Phi) is 5.35. The third-order valence-electron chi connectivity index (χ3n) is 5.07. The molecule has 0 spiro atoms. The fourth-order valence-electron chi connectivity index (χ4n) is 3.32. The van der Waals surface area contributed by atoms with Crippen molar-refractivity contribution in [1.29, 1.82) is 0 Å². The summed E-state index contributed by atoms with van der Waals surface area (Å²) in [6.07, 6.45) is 6.01. The zero-order chi connectivity index (χ0) is 19.7. The quantitative estimate of drug-likeness (QED) is 0.736. The lowest BCUT2D eigenvalue weighted by Crippen LogP contribution is -2.32. The van der Waals surface area contributed by atoms with Gasteiger partial charge in [-0.2, -0.15) is 0 Å². The van der Waals surface area contributed by atoms with Crippen LogP contribution < -0.4 is 10.2 Å². The summed E-state index contributed by atoms with van der Waals surface area (Å²) in [7, 11) is 0. The summed E-state index contributed by atoms with van der Waals surface area (Å²) in [5.41, 5.74) is 0.697. The lowest BCUT2D eigenvalue weighted by atomic mass is 9.92. The molecule has 1 amide bonds. The molecule has 8 nitrogen and oxygen atoms in total. The van der Waals surface area contributed by atoms with Gasteiger partial charge in [0.05, 0.1) is 11.4 Å². The molecule has 1 aliphatic heterocycles. The van der Waals surface area contributed by atoms with Crippen LogP contribution in [0.5, 0.6) is 0 Å². The van der Waals surface area contributed by atoms with E-state index in [2.05, 4.69) is 50.9 Å². The number of nitrogens with zero attached hydrogens (tertiary/aromatic N) is 5. The molecule has 152 valence electrons. The zero-order valence-electron chi connectivity index (χ0n) is 16.8. The van der Waals surface area contributed by atoms with E-state index in [0.29, 0.717) is 11.9 Å². The Morgan fingerprint density at radius 1 is 1.25 bits per heavy atom. The topological polar surface area (TPSA) is 89.1 Å². The van der Waals surface area contributed by atoms with Gasteiger partial charge in [0.25, 0.3) is 0 Å². The molecule has 3 heterocycles. The standard InChI is InChI=1S/C19H28N6O2S/c1-19(2,3)14-11-16(27-23-14)20-15(26)12-28-18-22-21-17(25(18)13-7-8-13)24-9-5-4-6-10-24/h11,13H,4-10,12H2,1-3H3,(H,20,26). The monoisotopic (exact) mass is 404 g/mol. The number of anilines is 2. The van der Waals surface area contributed by atoms with E-state index in [1.807, 2.05) is 0 Å². The highest BCUT2D eigenvalue weighted by atomic mass is 32.2. The van der Waals surface area contributed by atoms with Gasteiger partial charge in [-0.05, 0) is 32.1 Å². The van der Waals surface area contributed by atoms with Gasteiger partial charge >= 0.3 is 0 Å². The van der Waals surface area contributed by atoms with Crippen LogP contribution in [0.15, 0.2) is 15.7 Å². The molecule has 2 aromatic heterocycles. The van der Waals surface area contributed by atoms with E-state index in [1.165, 1.54) is 31.0 Å². The van der Waals surface area contributed by atoms with Gasteiger partial charge in [-0.25, -0.2) is 0 Å². The first kappa shape index (κ1) is 19.3. The molecule has 0 unspecified atom stereocenters. The Balaban J connectivity index is 1.38. The average molecular weight is 405 g/mol. The third kappa shape index (κ3) is 4.34. The van der Waals surface area contributed by atoms with Crippen molar-refractivity contribution in [3.05, 3.63) is 11.8 Å². The van der Waals surface area contributed by atoms with E-state index in [9.17, 15) is 4.79 Å². The van der Waals surface area contributed by atoms with Gasteiger partial charge in [-0.15, -0.1) is 10.2 Å². The van der Waals surface area contributed by atoms with Crippen molar-refractivity contribution >= 4 is 29.5 Å². The minimum Gasteiger partial charge on any atom is -0.341 e. The largest absolute Gasteiger partial charge is 0.341 e. The second-order valence-electron chi connectivity index (χ2n) is 8.59. The van der Waals surface area contributed by atoms with Gasteiger partial charge in [0.1, 0.15) is 0 Å². The number of piperidine rings is 1. The second kappa shape index (κ2) is 7.77. The Labute approximate surface area is 169 Å². The first-order chi connectivity index (χ1) is 13.4. The smallest absolute Gasteiger partial charge is 0.237 e. The predicted molar refractivity (Wildman–Crippen MR) is 109 cm³/mol. The van der Waals surface area contributed by atoms with Crippen LogP contribution in [0.4, 0.5) is 11.8 Å². The lowest BCUT2D eigenvalue weighted by molar-refractivity contribution is -0.113. The predicted octanol–water partition coefficient (Wildman–Crippen LogP) is 3.62. The molecule has 2 aromatic rings. The molecule has 2 aliphatic rings. The van der Waals surface area contributed by atoms with E-state index < -0.39 is 0 Å². The van der Waals surface area contributed by atoms with Gasteiger partial charge in [0.2, 0.25) is 17.7 Å². The van der Waals surface area contributed by atoms with Gasteiger partial charge < -0.3 is 9.42 Å². The number of nitrogens with one attached hydrogen (secondary N) is 1. The van der Waals surface area contributed by atoms with Crippen LogP contribution in [0.2, 0.25) is 0 Å². The van der Waals surface area contributed by atoms with Crippen molar-refractivity contribution in [3.63, 3.8) is 0 Å². The van der Waals surface area contributed by atoms with Crippen LogP contribution in [0.25, 0.3) is 0 Å². The SMILES string of the molecule is CC(C)(C)c1cc(NC(=O)CSc2nnc(N3CCCCC3)n2C2CC2)on1. The second-order valence-corrected chi connectivity index (χ2v) is 9.54. The minimum atomic E-state index is -0.133. The number of carbonyl (C=O) groups excluding carboxylic acids is 1. The Bertz CT molecular complexity index is 830. The van der Waals surface area contributed by atoms with Crippen LogP contribution in [-0.2, 0) is 10.2 Å². The van der Waals surface area contributed by atoms with Gasteiger partial charge in [-0.1, -0.05) is 37.7 Å². The van der Waals surface area contributed by atoms with Crippen molar-refractivity contribution in [3.8, 4) is 0 Å². The fraction of sp³-hybridized carbons (Fsp3) is 0.684. The van der Waals surface area contributed by atoms with Crippen LogP contribution in [0.1, 0.15) is 64.6 Å². The van der Waals surface area contributed by atoms with Gasteiger partial charge in [-0.3, -0.25) is 14.7 Å². The highest BCUT2D eigenvalue weighted by Gasteiger charge is 2.32. The van der Waals surface area contributed by atoms with E-state index in [1.54, 1.807) is 6.07 Å². The number of amides is 1. The van der Waals surface area contributed by atoms with Crippen LogP contribution in [-0.4, -0.2) is 44.7 Å². The molecule has 0 aromatic carbocycles. The number of carbonyl (C=O) groups is 1. The lowest BCUT2D eigenvalue weighted by Gasteiger charge is -2.27. The molecule has 0 atom stereocenters. The summed E-state index contributed by atoms with van der Waals surface area (Å²) in [5.74, 6) is 1.48. The molecule has 1 saturated carbocycles. The third-order valence-corrected chi connectivity index (χ3v) is 6.01. The molecule has 9 heteroatoms. The summed E-state index contributed by atoms with van der Waals surface area (Å²) in [6, 6.07) is 2.25. The summed E-state index contributed by atoms with van der Waals surface area (Å²) in [4.78, 5) is 14.7. The van der Waals surface area contributed by atoms with Crippen molar-refractivity contribution < 1.29 is 9.32 Å². The van der Waals surface area contributed by atoms with Crippen molar-refractivity contribution in [2.45, 2.75) is 69.5 Å². The Hall–Kier alpha value is -2.03. The first-order valence-electron chi connectivity index (χ1n) is 10.0. The number of rotatable bonds is 6. The molecule has 0 bridgehead atoms. The number of hydrogen-bond donors (Lipinski definition) is 1. The zero-order valence-corrected chi connectivity index (χ0v) is 17.6. The minimum absolute atomic E-state index is 0.118. The number of aromatic nitrogens is 4. The summed E-state index contributed by atoms with van der Waals surface area (Å²) in [6.45, 7) is 8.24.